The number of rotatable bonds is 8. The molecule has 0 saturated heterocycles. The van der Waals surface area contributed by atoms with Gasteiger partial charge in [0.05, 0.1) is 4.90 Å². The lowest BCUT2D eigenvalue weighted by Gasteiger charge is -2.11. The molecule has 138 valence electrons. The van der Waals surface area contributed by atoms with Crippen LogP contribution in [-0.4, -0.2) is 32.7 Å². The van der Waals surface area contributed by atoms with Crippen LogP contribution in [0.25, 0.3) is 0 Å². The molecule has 1 fully saturated rings. The number of carbonyl (C=O) groups is 1. The van der Waals surface area contributed by atoms with E-state index in [0.717, 1.165) is 29.1 Å². The molecule has 26 heavy (non-hydrogen) atoms. The van der Waals surface area contributed by atoms with Crippen molar-refractivity contribution in [2.75, 3.05) is 12.3 Å². The molecule has 1 aliphatic rings. The zero-order valence-corrected chi connectivity index (χ0v) is 16.2. The maximum absolute atomic E-state index is 12.5. The standard InChI is InChI=1S/C19H22N2O3S2/c1-14-7-10-17(26(23,24)21-15-8-9-15)13-18(14)19(22)20-11-12-25-16-5-3-2-4-6-16/h2-7,10,13,15,21H,8-9,11-12H2,1H3,(H,20,22). The Kier molecular flexibility index (Phi) is 6.01. The molecular formula is C19H22N2O3S2. The summed E-state index contributed by atoms with van der Waals surface area (Å²) in [5.41, 5.74) is 1.15. The highest BCUT2D eigenvalue weighted by Crippen LogP contribution is 2.23. The van der Waals surface area contributed by atoms with Crippen molar-refractivity contribution in [3.8, 4) is 0 Å². The van der Waals surface area contributed by atoms with E-state index in [1.54, 1.807) is 30.8 Å². The van der Waals surface area contributed by atoms with Crippen molar-refractivity contribution >= 4 is 27.7 Å². The van der Waals surface area contributed by atoms with Gasteiger partial charge in [-0.1, -0.05) is 24.3 Å². The number of benzene rings is 2. The Balaban J connectivity index is 1.60. The van der Waals surface area contributed by atoms with Gasteiger partial charge < -0.3 is 5.32 Å². The van der Waals surface area contributed by atoms with Crippen LogP contribution in [0.2, 0.25) is 0 Å². The molecular weight excluding hydrogens is 368 g/mol. The van der Waals surface area contributed by atoms with Gasteiger partial charge in [0.15, 0.2) is 0 Å². The number of aryl methyl sites for hydroxylation is 1. The Hall–Kier alpha value is -1.83. The molecule has 3 rings (SSSR count). The fraction of sp³-hybridized carbons (Fsp3) is 0.316. The highest BCUT2D eigenvalue weighted by molar-refractivity contribution is 7.99. The highest BCUT2D eigenvalue weighted by atomic mass is 32.2. The Morgan fingerprint density at radius 2 is 1.88 bits per heavy atom. The van der Waals surface area contributed by atoms with Crippen LogP contribution < -0.4 is 10.0 Å². The Morgan fingerprint density at radius 1 is 1.15 bits per heavy atom. The number of hydrogen-bond acceptors (Lipinski definition) is 4. The van der Waals surface area contributed by atoms with Crippen molar-refractivity contribution in [3.05, 3.63) is 59.7 Å². The van der Waals surface area contributed by atoms with Crippen LogP contribution in [0.15, 0.2) is 58.3 Å². The van der Waals surface area contributed by atoms with Gasteiger partial charge in [-0.3, -0.25) is 4.79 Å². The predicted octanol–water partition coefficient (Wildman–Crippen LogP) is 2.96. The molecule has 2 aromatic rings. The number of carbonyl (C=O) groups excluding carboxylic acids is 1. The predicted molar refractivity (Wildman–Crippen MR) is 104 cm³/mol. The average Bonchev–Trinajstić information content (AvgIpc) is 3.43. The average molecular weight is 391 g/mol. The minimum atomic E-state index is -3.57. The second-order valence-electron chi connectivity index (χ2n) is 6.29. The Labute approximate surface area is 158 Å². The van der Waals surface area contributed by atoms with Crippen LogP contribution in [0.5, 0.6) is 0 Å². The van der Waals surface area contributed by atoms with Gasteiger partial charge in [-0.05, 0) is 49.6 Å². The van der Waals surface area contributed by atoms with Gasteiger partial charge in [0.1, 0.15) is 0 Å². The van der Waals surface area contributed by atoms with Crippen LogP contribution in [0, 0.1) is 6.92 Å². The maximum atomic E-state index is 12.5. The molecule has 0 radical (unpaired) electrons. The van der Waals surface area contributed by atoms with Crippen LogP contribution in [0.4, 0.5) is 0 Å². The summed E-state index contributed by atoms with van der Waals surface area (Å²) in [4.78, 5) is 13.7. The molecule has 5 nitrogen and oxygen atoms in total. The first-order valence-electron chi connectivity index (χ1n) is 8.55. The number of nitrogens with one attached hydrogen (secondary N) is 2. The Bertz CT molecular complexity index is 879. The molecule has 0 heterocycles. The molecule has 0 bridgehead atoms. The van der Waals surface area contributed by atoms with Gasteiger partial charge in [0, 0.05) is 28.8 Å². The summed E-state index contributed by atoms with van der Waals surface area (Å²) >= 11 is 1.66. The van der Waals surface area contributed by atoms with E-state index >= 15 is 0 Å². The summed E-state index contributed by atoms with van der Waals surface area (Å²) in [6.45, 7) is 2.31. The van der Waals surface area contributed by atoms with Crippen molar-refractivity contribution in [2.45, 2.75) is 35.6 Å². The molecule has 1 aliphatic carbocycles. The summed E-state index contributed by atoms with van der Waals surface area (Å²) in [6.07, 6.45) is 1.75. The molecule has 0 unspecified atom stereocenters. The maximum Gasteiger partial charge on any atom is 0.251 e. The number of thioether (sulfide) groups is 1. The largest absolute Gasteiger partial charge is 0.351 e. The summed E-state index contributed by atoms with van der Waals surface area (Å²) in [6, 6.07) is 14.7. The molecule has 2 N–H and O–H groups in total. The first-order valence-corrected chi connectivity index (χ1v) is 11.0. The first kappa shape index (κ1) is 18.9. The third-order valence-corrected chi connectivity index (χ3v) is 6.59. The van der Waals surface area contributed by atoms with E-state index in [1.807, 2.05) is 30.3 Å². The van der Waals surface area contributed by atoms with Crippen LogP contribution in [-0.2, 0) is 10.0 Å². The van der Waals surface area contributed by atoms with Crippen molar-refractivity contribution in [1.82, 2.24) is 10.0 Å². The van der Waals surface area contributed by atoms with E-state index in [1.165, 1.54) is 6.07 Å². The van der Waals surface area contributed by atoms with E-state index < -0.39 is 10.0 Å². The van der Waals surface area contributed by atoms with Gasteiger partial charge >= 0.3 is 0 Å². The molecule has 0 atom stereocenters. The lowest BCUT2D eigenvalue weighted by molar-refractivity contribution is 0.0955. The van der Waals surface area contributed by atoms with Gasteiger partial charge in [-0.15, -0.1) is 11.8 Å². The van der Waals surface area contributed by atoms with E-state index in [-0.39, 0.29) is 16.8 Å². The van der Waals surface area contributed by atoms with Gasteiger partial charge in [-0.2, -0.15) is 0 Å². The summed E-state index contributed by atoms with van der Waals surface area (Å²) in [5.74, 6) is 0.496. The minimum absolute atomic E-state index is 0.0357. The lowest BCUT2D eigenvalue weighted by Crippen LogP contribution is -2.28. The molecule has 0 spiro atoms. The second kappa shape index (κ2) is 8.24. The van der Waals surface area contributed by atoms with E-state index in [9.17, 15) is 13.2 Å². The highest BCUT2D eigenvalue weighted by Gasteiger charge is 2.28. The monoisotopic (exact) mass is 390 g/mol. The fourth-order valence-electron chi connectivity index (χ4n) is 2.45. The summed E-state index contributed by atoms with van der Waals surface area (Å²) in [5, 5.41) is 2.87. The number of sulfonamides is 1. The van der Waals surface area contributed by atoms with Crippen molar-refractivity contribution in [2.24, 2.45) is 0 Å². The molecule has 0 aliphatic heterocycles. The van der Waals surface area contributed by atoms with E-state index in [0.29, 0.717) is 12.1 Å². The van der Waals surface area contributed by atoms with Crippen molar-refractivity contribution in [3.63, 3.8) is 0 Å². The van der Waals surface area contributed by atoms with Crippen LogP contribution >= 0.6 is 11.8 Å². The molecule has 1 amide bonds. The molecule has 7 heteroatoms. The first-order chi connectivity index (χ1) is 12.5. The number of amides is 1. The second-order valence-corrected chi connectivity index (χ2v) is 9.17. The zero-order chi connectivity index (χ0) is 18.6. The lowest BCUT2D eigenvalue weighted by atomic mass is 10.1. The summed E-state index contributed by atoms with van der Waals surface area (Å²) < 4.78 is 27.3. The van der Waals surface area contributed by atoms with Gasteiger partial charge in [0.25, 0.3) is 5.91 Å². The SMILES string of the molecule is Cc1ccc(S(=O)(=O)NC2CC2)cc1C(=O)NCCSc1ccccc1. The third-order valence-electron chi connectivity index (χ3n) is 4.06. The summed E-state index contributed by atoms with van der Waals surface area (Å²) in [7, 11) is -3.57. The van der Waals surface area contributed by atoms with Crippen molar-refractivity contribution < 1.29 is 13.2 Å². The van der Waals surface area contributed by atoms with Crippen LogP contribution in [0.3, 0.4) is 0 Å². The van der Waals surface area contributed by atoms with E-state index in [4.69, 9.17) is 0 Å². The zero-order valence-electron chi connectivity index (χ0n) is 14.6. The molecule has 0 aromatic heterocycles. The van der Waals surface area contributed by atoms with Crippen LogP contribution in [0.1, 0.15) is 28.8 Å². The van der Waals surface area contributed by atoms with E-state index in [2.05, 4.69) is 10.0 Å². The smallest absolute Gasteiger partial charge is 0.251 e. The third kappa shape index (κ3) is 5.09. The number of hydrogen-bond donors (Lipinski definition) is 2. The van der Waals surface area contributed by atoms with Crippen molar-refractivity contribution in [1.29, 1.82) is 0 Å². The molecule has 2 aromatic carbocycles. The Morgan fingerprint density at radius 3 is 2.58 bits per heavy atom. The molecule has 1 saturated carbocycles. The minimum Gasteiger partial charge on any atom is -0.351 e. The fourth-order valence-corrected chi connectivity index (χ4v) is 4.57. The van der Waals surface area contributed by atoms with Gasteiger partial charge in [0.2, 0.25) is 10.0 Å². The van der Waals surface area contributed by atoms with Gasteiger partial charge in [-0.25, -0.2) is 13.1 Å². The quantitative estimate of drug-likeness (QED) is 0.537. The normalized spacial score (nSPS) is 14.2. The topological polar surface area (TPSA) is 75.3 Å².